The summed E-state index contributed by atoms with van der Waals surface area (Å²) in [6, 6.07) is 0. The van der Waals surface area contributed by atoms with Gasteiger partial charge in [0.05, 0.1) is 0 Å². The van der Waals surface area contributed by atoms with E-state index in [1.807, 2.05) is 0 Å². The summed E-state index contributed by atoms with van der Waals surface area (Å²) in [5.41, 5.74) is 6.92. The molecule has 88 valence electrons. The summed E-state index contributed by atoms with van der Waals surface area (Å²) < 4.78 is 0. The van der Waals surface area contributed by atoms with Gasteiger partial charge in [-0.3, -0.25) is 4.90 Å². The van der Waals surface area contributed by atoms with Crippen LogP contribution in [0.15, 0.2) is 0 Å². The van der Waals surface area contributed by atoms with Crippen LogP contribution < -0.4 is 5.73 Å². The number of nitrogens with zero attached hydrogens (tertiary/aromatic N) is 1. The van der Waals surface area contributed by atoms with Crippen molar-refractivity contribution in [2.45, 2.75) is 57.9 Å². The lowest BCUT2D eigenvalue weighted by Gasteiger charge is -2.48. The monoisotopic (exact) mass is 210 g/mol. The van der Waals surface area contributed by atoms with E-state index in [1.165, 1.54) is 51.6 Å². The van der Waals surface area contributed by atoms with Gasteiger partial charge in [-0.05, 0) is 37.6 Å². The van der Waals surface area contributed by atoms with E-state index in [1.54, 1.807) is 0 Å². The van der Waals surface area contributed by atoms with Gasteiger partial charge in [-0.15, -0.1) is 0 Å². The number of piperidine rings is 1. The van der Waals surface area contributed by atoms with Crippen molar-refractivity contribution >= 4 is 0 Å². The van der Waals surface area contributed by atoms with E-state index in [0.29, 0.717) is 11.0 Å². The minimum atomic E-state index is 0.373. The highest BCUT2D eigenvalue weighted by Gasteiger charge is 2.41. The second-order valence-corrected chi connectivity index (χ2v) is 6.32. The van der Waals surface area contributed by atoms with E-state index in [2.05, 4.69) is 18.7 Å². The molecule has 2 nitrogen and oxygen atoms in total. The average Bonchev–Trinajstić information content (AvgIpc) is 2.65. The quantitative estimate of drug-likeness (QED) is 0.758. The van der Waals surface area contributed by atoms with E-state index < -0.39 is 0 Å². The Hall–Kier alpha value is -0.0800. The summed E-state index contributed by atoms with van der Waals surface area (Å²) in [5.74, 6) is 0. The lowest BCUT2D eigenvalue weighted by Crippen LogP contribution is -2.56. The molecule has 0 spiro atoms. The zero-order valence-electron chi connectivity index (χ0n) is 10.4. The van der Waals surface area contributed by atoms with Crippen molar-refractivity contribution < 1.29 is 0 Å². The van der Waals surface area contributed by atoms with Crippen LogP contribution in [0.25, 0.3) is 0 Å². The maximum Gasteiger partial charge on any atom is 0.0331 e. The van der Waals surface area contributed by atoms with Crippen molar-refractivity contribution in [3.05, 3.63) is 0 Å². The van der Waals surface area contributed by atoms with Gasteiger partial charge in [0.25, 0.3) is 0 Å². The highest BCUT2D eigenvalue weighted by molar-refractivity contribution is 4.98. The minimum absolute atomic E-state index is 0.373. The largest absolute Gasteiger partial charge is 0.329 e. The molecule has 0 atom stereocenters. The van der Waals surface area contributed by atoms with E-state index in [4.69, 9.17) is 5.73 Å². The molecule has 2 fully saturated rings. The third-order valence-electron chi connectivity index (χ3n) is 4.49. The highest BCUT2D eigenvalue weighted by Crippen LogP contribution is 2.39. The zero-order chi connectivity index (χ0) is 10.9. The standard InChI is InChI=1S/C13H26N2/c1-12(2)6-5-9-15(11-12)13(10-14)7-3-4-8-13/h3-11,14H2,1-2H3. The summed E-state index contributed by atoms with van der Waals surface area (Å²) in [5, 5.41) is 0. The van der Waals surface area contributed by atoms with Crippen LogP contribution in [-0.4, -0.2) is 30.1 Å². The molecular formula is C13H26N2. The van der Waals surface area contributed by atoms with Crippen molar-refractivity contribution in [1.29, 1.82) is 0 Å². The Morgan fingerprint density at radius 1 is 1.07 bits per heavy atom. The van der Waals surface area contributed by atoms with E-state index in [9.17, 15) is 0 Å². The van der Waals surface area contributed by atoms with Crippen molar-refractivity contribution in [2.24, 2.45) is 11.1 Å². The van der Waals surface area contributed by atoms with Crippen LogP contribution in [0.2, 0.25) is 0 Å². The molecule has 2 rings (SSSR count). The third-order valence-corrected chi connectivity index (χ3v) is 4.49. The Bertz CT molecular complexity index is 217. The molecule has 0 bridgehead atoms. The number of hydrogen-bond acceptors (Lipinski definition) is 2. The number of likely N-dealkylation sites (tertiary alicyclic amines) is 1. The predicted molar refractivity (Wildman–Crippen MR) is 64.8 cm³/mol. The van der Waals surface area contributed by atoms with Crippen molar-refractivity contribution in [3.8, 4) is 0 Å². The average molecular weight is 210 g/mol. The third kappa shape index (κ3) is 2.21. The fraction of sp³-hybridized carbons (Fsp3) is 1.00. The Labute approximate surface area is 94.2 Å². The molecule has 1 aliphatic carbocycles. The maximum atomic E-state index is 6.05. The number of hydrogen-bond donors (Lipinski definition) is 1. The van der Waals surface area contributed by atoms with Crippen LogP contribution in [0.5, 0.6) is 0 Å². The van der Waals surface area contributed by atoms with Crippen molar-refractivity contribution in [2.75, 3.05) is 19.6 Å². The molecule has 0 radical (unpaired) electrons. The lowest BCUT2D eigenvalue weighted by molar-refractivity contribution is 0.0217. The molecule has 15 heavy (non-hydrogen) atoms. The van der Waals surface area contributed by atoms with Gasteiger partial charge in [-0.25, -0.2) is 0 Å². The molecule has 2 N–H and O–H groups in total. The summed E-state index contributed by atoms with van der Waals surface area (Å²) >= 11 is 0. The van der Waals surface area contributed by atoms with E-state index in [0.717, 1.165) is 6.54 Å². The molecule has 1 saturated heterocycles. The van der Waals surface area contributed by atoms with Gasteiger partial charge >= 0.3 is 0 Å². The smallest absolute Gasteiger partial charge is 0.0331 e. The highest BCUT2D eigenvalue weighted by atomic mass is 15.2. The molecule has 2 heteroatoms. The minimum Gasteiger partial charge on any atom is -0.329 e. The van der Waals surface area contributed by atoms with Gasteiger partial charge in [0, 0.05) is 18.6 Å². The molecule has 0 aromatic rings. The molecule has 0 aromatic carbocycles. The summed E-state index contributed by atoms with van der Waals surface area (Å²) in [6.07, 6.45) is 8.17. The summed E-state index contributed by atoms with van der Waals surface area (Å²) in [6.45, 7) is 8.20. The van der Waals surface area contributed by atoms with E-state index in [-0.39, 0.29) is 0 Å². The molecule has 0 amide bonds. The first-order valence-electron chi connectivity index (χ1n) is 6.53. The first-order chi connectivity index (χ1) is 7.08. The normalized spacial score (nSPS) is 30.6. The second-order valence-electron chi connectivity index (χ2n) is 6.32. The first-order valence-corrected chi connectivity index (χ1v) is 6.53. The molecule has 2 aliphatic rings. The molecule has 1 heterocycles. The van der Waals surface area contributed by atoms with E-state index >= 15 is 0 Å². The molecule has 0 aromatic heterocycles. The molecule has 1 aliphatic heterocycles. The van der Waals surface area contributed by atoms with Crippen molar-refractivity contribution in [1.82, 2.24) is 4.90 Å². The maximum absolute atomic E-state index is 6.05. The van der Waals surface area contributed by atoms with Gasteiger partial charge in [0.15, 0.2) is 0 Å². The van der Waals surface area contributed by atoms with Crippen molar-refractivity contribution in [3.63, 3.8) is 0 Å². The van der Waals surface area contributed by atoms with Crippen LogP contribution in [0.3, 0.4) is 0 Å². The lowest BCUT2D eigenvalue weighted by atomic mass is 9.81. The second kappa shape index (κ2) is 4.06. The zero-order valence-corrected chi connectivity index (χ0v) is 10.4. The molecule has 0 unspecified atom stereocenters. The van der Waals surface area contributed by atoms with Crippen LogP contribution >= 0.6 is 0 Å². The van der Waals surface area contributed by atoms with Crippen LogP contribution in [0, 0.1) is 5.41 Å². The summed E-state index contributed by atoms with van der Waals surface area (Å²) in [4.78, 5) is 2.71. The van der Waals surface area contributed by atoms with Gasteiger partial charge < -0.3 is 5.73 Å². The molecule has 1 saturated carbocycles. The summed E-state index contributed by atoms with van der Waals surface area (Å²) in [7, 11) is 0. The predicted octanol–water partition coefficient (Wildman–Crippen LogP) is 2.38. The molecular weight excluding hydrogens is 184 g/mol. The Balaban J connectivity index is 2.08. The van der Waals surface area contributed by atoms with Crippen LogP contribution in [0.4, 0.5) is 0 Å². The Morgan fingerprint density at radius 3 is 2.27 bits per heavy atom. The van der Waals surface area contributed by atoms with Gasteiger partial charge in [-0.1, -0.05) is 26.7 Å². The van der Waals surface area contributed by atoms with Crippen LogP contribution in [-0.2, 0) is 0 Å². The van der Waals surface area contributed by atoms with Gasteiger partial charge in [0.2, 0.25) is 0 Å². The van der Waals surface area contributed by atoms with Crippen LogP contribution in [0.1, 0.15) is 52.4 Å². The fourth-order valence-corrected chi connectivity index (χ4v) is 3.51. The SMILES string of the molecule is CC1(C)CCCN(C2(CN)CCCC2)C1. The van der Waals surface area contributed by atoms with Gasteiger partial charge in [0.1, 0.15) is 0 Å². The topological polar surface area (TPSA) is 29.3 Å². The Kier molecular flexibility index (Phi) is 3.09. The first kappa shape index (κ1) is 11.4. The van der Waals surface area contributed by atoms with Gasteiger partial charge in [-0.2, -0.15) is 0 Å². The fourth-order valence-electron chi connectivity index (χ4n) is 3.51. The Morgan fingerprint density at radius 2 is 1.73 bits per heavy atom. The number of rotatable bonds is 2. The number of nitrogens with two attached hydrogens (primary N) is 1.